The fraction of sp³-hybridized carbons (Fsp3) is 0. The molecule has 22 heavy (non-hydrogen) atoms. The van der Waals surface area contributed by atoms with Gasteiger partial charge in [-0.2, -0.15) is 5.11 Å². The van der Waals surface area contributed by atoms with Gasteiger partial charge in [0.05, 0.1) is 5.69 Å². The zero-order valence-electron chi connectivity index (χ0n) is 12.3. The van der Waals surface area contributed by atoms with E-state index in [4.69, 9.17) is 0 Å². The number of phenols is 1. The fourth-order valence-corrected chi connectivity index (χ4v) is 2.02. The standard InChI is InChI=1S/C18H14N2O.Na/c21-18-12-11-15(14-7-3-1-4-8-14)13-17(18)20-19-16-9-5-2-6-10-16;/h1-13,21H;. The van der Waals surface area contributed by atoms with E-state index in [9.17, 15) is 5.11 Å². The van der Waals surface area contributed by atoms with Gasteiger partial charge in [-0.15, -0.1) is 5.11 Å². The molecule has 3 rings (SSSR count). The molecule has 0 saturated heterocycles. The largest absolute Gasteiger partial charge is 0.506 e. The van der Waals surface area contributed by atoms with Crippen molar-refractivity contribution >= 4 is 40.9 Å². The van der Waals surface area contributed by atoms with Crippen LogP contribution in [0.1, 0.15) is 0 Å². The summed E-state index contributed by atoms with van der Waals surface area (Å²) in [5.41, 5.74) is 3.28. The van der Waals surface area contributed by atoms with E-state index in [0.29, 0.717) is 5.69 Å². The zero-order chi connectivity index (χ0) is 14.5. The summed E-state index contributed by atoms with van der Waals surface area (Å²) in [6, 6.07) is 24.7. The molecule has 3 aromatic rings. The third-order valence-electron chi connectivity index (χ3n) is 3.11. The molecule has 3 aromatic carbocycles. The second-order valence-corrected chi connectivity index (χ2v) is 4.61. The molecule has 0 amide bonds. The predicted molar refractivity (Wildman–Crippen MR) is 89.9 cm³/mol. The Morgan fingerprint density at radius 3 is 1.95 bits per heavy atom. The molecule has 0 fully saturated rings. The Labute approximate surface area is 151 Å². The first kappa shape index (κ1) is 16.4. The van der Waals surface area contributed by atoms with Gasteiger partial charge in [-0.25, -0.2) is 0 Å². The molecule has 1 N–H and O–H groups in total. The van der Waals surface area contributed by atoms with Crippen LogP contribution in [0.3, 0.4) is 0 Å². The van der Waals surface area contributed by atoms with Crippen molar-refractivity contribution in [2.24, 2.45) is 10.2 Å². The van der Waals surface area contributed by atoms with Crippen LogP contribution in [0.2, 0.25) is 0 Å². The first-order valence-electron chi connectivity index (χ1n) is 6.68. The van der Waals surface area contributed by atoms with Crippen molar-refractivity contribution in [1.82, 2.24) is 0 Å². The van der Waals surface area contributed by atoms with Gasteiger partial charge < -0.3 is 5.11 Å². The summed E-state index contributed by atoms with van der Waals surface area (Å²) in [6.45, 7) is 0. The number of aromatic hydroxyl groups is 1. The number of benzene rings is 3. The van der Waals surface area contributed by atoms with Crippen LogP contribution in [-0.4, -0.2) is 34.7 Å². The molecular formula is C18H14N2NaO. The minimum atomic E-state index is 0. The van der Waals surface area contributed by atoms with E-state index in [1.165, 1.54) is 0 Å². The van der Waals surface area contributed by atoms with Crippen molar-refractivity contribution in [2.45, 2.75) is 0 Å². The van der Waals surface area contributed by atoms with Crippen molar-refractivity contribution in [1.29, 1.82) is 0 Å². The monoisotopic (exact) mass is 297 g/mol. The average molecular weight is 297 g/mol. The smallest absolute Gasteiger partial charge is 0.143 e. The van der Waals surface area contributed by atoms with Gasteiger partial charge in [-0.05, 0) is 35.4 Å². The number of azo groups is 1. The summed E-state index contributed by atoms with van der Waals surface area (Å²) in [6.07, 6.45) is 0. The minimum absolute atomic E-state index is 0. The normalized spacial score (nSPS) is 10.4. The van der Waals surface area contributed by atoms with Gasteiger partial charge in [0.15, 0.2) is 0 Å². The van der Waals surface area contributed by atoms with E-state index in [0.717, 1.165) is 16.8 Å². The second-order valence-electron chi connectivity index (χ2n) is 4.61. The molecule has 0 aliphatic heterocycles. The first-order valence-corrected chi connectivity index (χ1v) is 6.68. The molecular weight excluding hydrogens is 283 g/mol. The second kappa shape index (κ2) is 7.90. The Morgan fingerprint density at radius 1 is 0.636 bits per heavy atom. The molecule has 0 aliphatic rings. The molecule has 0 aromatic heterocycles. The van der Waals surface area contributed by atoms with Gasteiger partial charge in [-0.3, -0.25) is 0 Å². The van der Waals surface area contributed by atoms with E-state index >= 15 is 0 Å². The predicted octanol–water partition coefficient (Wildman–Crippen LogP) is 5.09. The molecule has 0 atom stereocenters. The Kier molecular flexibility index (Phi) is 5.90. The Hall–Kier alpha value is -1.94. The summed E-state index contributed by atoms with van der Waals surface area (Å²) in [5.74, 6) is 0.120. The van der Waals surface area contributed by atoms with Crippen molar-refractivity contribution in [3.8, 4) is 16.9 Å². The quantitative estimate of drug-likeness (QED) is 0.531. The average Bonchev–Trinajstić information content (AvgIpc) is 2.56. The van der Waals surface area contributed by atoms with Gasteiger partial charge in [0.25, 0.3) is 0 Å². The number of nitrogens with zero attached hydrogens (tertiary/aromatic N) is 2. The van der Waals surface area contributed by atoms with Crippen LogP contribution in [0.25, 0.3) is 11.1 Å². The molecule has 0 saturated carbocycles. The summed E-state index contributed by atoms with van der Waals surface area (Å²) in [7, 11) is 0. The molecule has 103 valence electrons. The Balaban J connectivity index is 0.00000176. The van der Waals surface area contributed by atoms with Crippen molar-refractivity contribution < 1.29 is 5.11 Å². The van der Waals surface area contributed by atoms with Gasteiger partial charge in [-0.1, -0.05) is 54.6 Å². The van der Waals surface area contributed by atoms with Crippen molar-refractivity contribution in [3.63, 3.8) is 0 Å². The molecule has 0 aliphatic carbocycles. The maximum absolute atomic E-state index is 9.91. The van der Waals surface area contributed by atoms with Crippen LogP contribution in [-0.2, 0) is 0 Å². The number of hydrogen-bond acceptors (Lipinski definition) is 3. The third kappa shape index (κ3) is 4.04. The summed E-state index contributed by atoms with van der Waals surface area (Å²) < 4.78 is 0. The van der Waals surface area contributed by atoms with Gasteiger partial charge in [0.2, 0.25) is 0 Å². The Morgan fingerprint density at radius 2 is 1.27 bits per heavy atom. The molecule has 0 spiro atoms. The molecule has 0 unspecified atom stereocenters. The van der Waals surface area contributed by atoms with Crippen molar-refractivity contribution in [2.75, 3.05) is 0 Å². The molecule has 3 nitrogen and oxygen atoms in total. The first-order chi connectivity index (χ1) is 10.3. The number of rotatable bonds is 3. The van der Waals surface area contributed by atoms with Crippen LogP contribution < -0.4 is 0 Å². The van der Waals surface area contributed by atoms with Gasteiger partial charge in [0, 0.05) is 29.6 Å². The minimum Gasteiger partial charge on any atom is -0.506 e. The summed E-state index contributed by atoms with van der Waals surface area (Å²) in [4.78, 5) is 0. The fourth-order valence-electron chi connectivity index (χ4n) is 2.02. The van der Waals surface area contributed by atoms with Gasteiger partial charge in [0.1, 0.15) is 11.4 Å². The molecule has 4 heteroatoms. The van der Waals surface area contributed by atoms with Gasteiger partial charge >= 0.3 is 0 Å². The van der Waals surface area contributed by atoms with E-state index in [1.807, 2.05) is 72.8 Å². The maximum Gasteiger partial charge on any atom is 0.143 e. The molecule has 0 heterocycles. The number of phenolic OH excluding ortho intramolecular Hbond substituents is 1. The van der Waals surface area contributed by atoms with E-state index in [-0.39, 0.29) is 35.3 Å². The van der Waals surface area contributed by atoms with Crippen molar-refractivity contribution in [3.05, 3.63) is 78.9 Å². The van der Waals surface area contributed by atoms with Crippen LogP contribution in [0, 0.1) is 0 Å². The SMILES string of the molecule is Oc1ccc(-c2ccccc2)cc1N=Nc1ccccc1.[Na]. The van der Waals surface area contributed by atoms with E-state index < -0.39 is 0 Å². The zero-order valence-corrected chi connectivity index (χ0v) is 14.3. The Bertz CT molecular complexity index is 759. The molecule has 1 radical (unpaired) electrons. The summed E-state index contributed by atoms with van der Waals surface area (Å²) in [5, 5.41) is 18.2. The van der Waals surface area contributed by atoms with Crippen LogP contribution in [0.15, 0.2) is 89.1 Å². The molecule has 0 bridgehead atoms. The third-order valence-corrected chi connectivity index (χ3v) is 3.11. The number of hydrogen-bond donors (Lipinski definition) is 1. The van der Waals surface area contributed by atoms with E-state index in [2.05, 4.69) is 10.2 Å². The van der Waals surface area contributed by atoms with Crippen LogP contribution in [0.5, 0.6) is 5.75 Å². The summed E-state index contributed by atoms with van der Waals surface area (Å²) >= 11 is 0. The topological polar surface area (TPSA) is 45.0 Å². The maximum atomic E-state index is 9.91. The van der Waals surface area contributed by atoms with E-state index in [1.54, 1.807) is 6.07 Å². The van der Waals surface area contributed by atoms with Crippen LogP contribution in [0.4, 0.5) is 11.4 Å². The van der Waals surface area contributed by atoms with Crippen LogP contribution >= 0.6 is 0 Å².